The van der Waals surface area contributed by atoms with E-state index in [4.69, 9.17) is 4.98 Å². The summed E-state index contributed by atoms with van der Waals surface area (Å²) >= 11 is 0. The minimum atomic E-state index is -0.0108. The molecule has 6 heteroatoms. The highest BCUT2D eigenvalue weighted by Crippen LogP contribution is 2.21. The Bertz CT molecular complexity index is 607. The van der Waals surface area contributed by atoms with Crippen molar-refractivity contribution in [1.82, 2.24) is 20.0 Å². The van der Waals surface area contributed by atoms with Crippen LogP contribution >= 0.6 is 0 Å². The number of hydrogen-bond acceptors (Lipinski definition) is 4. The number of aromatic nitrogens is 2. The number of rotatable bonds is 7. The minimum Gasteiger partial charge on any atom is -0.358 e. The molecule has 2 aromatic rings. The van der Waals surface area contributed by atoms with Gasteiger partial charge in [-0.25, -0.2) is 4.98 Å². The first-order valence-corrected chi connectivity index (χ1v) is 7.33. The number of fused-ring (bicyclic) bond motifs is 1. The van der Waals surface area contributed by atoms with Gasteiger partial charge in [-0.15, -0.1) is 0 Å². The third-order valence-corrected chi connectivity index (χ3v) is 3.44. The van der Waals surface area contributed by atoms with Crippen LogP contribution in [-0.2, 0) is 11.3 Å². The molecule has 2 heterocycles. The van der Waals surface area contributed by atoms with Gasteiger partial charge in [0.1, 0.15) is 5.65 Å². The summed E-state index contributed by atoms with van der Waals surface area (Å²) in [6.07, 6.45) is 2.01. The molecular formula is C15H23N5O. The van der Waals surface area contributed by atoms with Crippen molar-refractivity contribution < 1.29 is 4.79 Å². The van der Waals surface area contributed by atoms with Crippen LogP contribution in [0, 0.1) is 0 Å². The van der Waals surface area contributed by atoms with E-state index in [1.807, 2.05) is 36.2 Å². The van der Waals surface area contributed by atoms with Gasteiger partial charge in [0.05, 0.1) is 12.2 Å². The van der Waals surface area contributed by atoms with Gasteiger partial charge in [0, 0.05) is 26.3 Å². The molecule has 0 bridgehead atoms. The van der Waals surface area contributed by atoms with Crippen molar-refractivity contribution in [2.45, 2.75) is 20.4 Å². The summed E-state index contributed by atoms with van der Waals surface area (Å²) in [5, 5.41) is 6.01. The van der Waals surface area contributed by atoms with Crippen LogP contribution in [0.2, 0.25) is 0 Å². The Morgan fingerprint density at radius 2 is 2.19 bits per heavy atom. The van der Waals surface area contributed by atoms with E-state index in [1.54, 1.807) is 7.05 Å². The van der Waals surface area contributed by atoms with Gasteiger partial charge in [0.2, 0.25) is 5.91 Å². The van der Waals surface area contributed by atoms with Crippen LogP contribution in [0.4, 0.5) is 5.82 Å². The molecule has 0 radical (unpaired) electrons. The standard InChI is InChI=1S/C15H23N5O/c1-4-17-10-12-15(19(5-2)11-14(21)16-3)18-13-8-6-7-9-20(12)13/h6-9,17H,4-5,10-11H2,1-3H3,(H,16,21). The maximum absolute atomic E-state index is 11.7. The molecule has 0 aliphatic carbocycles. The smallest absolute Gasteiger partial charge is 0.239 e. The highest BCUT2D eigenvalue weighted by molar-refractivity contribution is 5.81. The van der Waals surface area contributed by atoms with E-state index < -0.39 is 0 Å². The molecule has 21 heavy (non-hydrogen) atoms. The molecule has 0 aromatic carbocycles. The van der Waals surface area contributed by atoms with Crippen LogP contribution in [-0.4, -0.2) is 42.0 Å². The van der Waals surface area contributed by atoms with Gasteiger partial charge in [0.25, 0.3) is 0 Å². The fraction of sp³-hybridized carbons (Fsp3) is 0.467. The van der Waals surface area contributed by atoms with Crippen molar-refractivity contribution in [3.05, 3.63) is 30.1 Å². The third kappa shape index (κ3) is 3.33. The number of imidazole rings is 1. The van der Waals surface area contributed by atoms with Crippen molar-refractivity contribution in [1.29, 1.82) is 0 Å². The Kier molecular flexibility index (Phi) is 5.16. The maximum Gasteiger partial charge on any atom is 0.239 e. The van der Waals surface area contributed by atoms with Crippen molar-refractivity contribution in [3.63, 3.8) is 0 Å². The second-order valence-electron chi connectivity index (χ2n) is 4.78. The fourth-order valence-corrected chi connectivity index (χ4v) is 2.28. The third-order valence-electron chi connectivity index (χ3n) is 3.44. The minimum absolute atomic E-state index is 0.0108. The predicted octanol–water partition coefficient (Wildman–Crippen LogP) is 1.02. The Labute approximate surface area is 125 Å². The van der Waals surface area contributed by atoms with E-state index >= 15 is 0 Å². The first-order valence-electron chi connectivity index (χ1n) is 7.33. The number of carbonyl (C=O) groups is 1. The number of likely N-dealkylation sites (N-methyl/N-ethyl adjacent to an activating group) is 2. The number of carbonyl (C=O) groups excluding carboxylic acids is 1. The van der Waals surface area contributed by atoms with E-state index in [-0.39, 0.29) is 5.91 Å². The van der Waals surface area contributed by atoms with Gasteiger partial charge in [-0.2, -0.15) is 0 Å². The molecule has 1 amide bonds. The largest absolute Gasteiger partial charge is 0.358 e. The highest BCUT2D eigenvalue weighted by atomic mass is 16.1. The first-order chi connectivity index (χ1) is 10.2. The van der Waals surface area contributed by atoms with Gasteiger partial charge in [0.15, 0.2) is 5.82 Å². The summed E-state index contributed by atoms with van der Waals surface area (Å²) in [5.74, 6) is 0.858. The molecule has 2 aromatic heterocycles. The molecule has 114 valence electrons. The molecule has 2 N–H and O–H groups in total. The normalized spacial score (nSPS) is 10.8. The molecular weight excluding hydrogens is 266 g/mol. The Hall–Kier alpha value is -2.08. The number of nitrogens with one attached hydrogen (secondary N) is 2. The monoisotopic (exact) mass is 289 g/mol. The molecule has 0 aliphatic heterocycles. The number of nitrogens with zero attached hydrogens (tertiary/aromatic N) is 3. The maximum atomic E-state index is 11.7. The molecule has 0 spiro atoms. The zero-order valence-electron chi connectivity index (χ0n) is 12.9. The molecule has 0 atom stereocenters. The van der Waals surface area contributed by atoms with Gasteiger partial charge in [-0.05, 0) is 25.6 Å². The van der Waals surface area contributed by atoms with E-state index in [0.29, 0.717) is 6.54 Å². The number of anilines is 1. The molecule has 0 saturated heterocycles. The molecule has 2 rings (SSSR count). The van der Waals surface area contributed by atoms with Crippen LogP contribution in [0.25, 0.3) is 5.65 Å². The number of amides is 1. The van der Waals surface area contributed by atoms with Crippen molar-refractivity contribution in [2.75, 3.05) is 31.6 Å². The zero-order valence-corrected chi connectivity index (χ0v) is 12.9. The molecule has 0 unspecified atom stereocenters. The van der Waals surface area contributed by atoms with E-state index in [0.717, 1.165) is 36.8 Å². The lowest BCUT2D eigenvalue weighted by atomic mass is 10.3. The molecule has 0 aliphatic rings. The molecule has 6 nitrogen and oxygen atoms in total. The fourth-order valence-electron chi connectivity index (χ4n) is 2.28. The van der Waals surface area contributed by atoms with Crippen LogP contribution in [0.1, 0.15) is 19.5 Å². The van der Waals surface area contributed by atoms with Crippen molar-refractivity contribution in [3.8, 4) is 0 Å². The van der Waals surface area contributed by atoms with E-state index in [2.05, 4.69) is 22.0 Å². The SMILES string of the molecule is CCNCc1c(N(CC)CC(=O)NC)nc2ccccn12. The van der Waals surface area contributed by atoms with Gasteiger partial charge < -0.3 is 19.9 Å². The highest BCUT2D eigenvalue weighted by Gasteiger charge is 2.18. The lowest BCUT2D eigenvalue weighted by molar-refractivity contribution is -0.119. The van der Waals surface area contributed by atoms with Crippen molar-refractivity contribution in [2.24, 2.45) is 0 Å². The summed E-state index contributed by atoms with van der Waals surface area (Å²) in [7, 11) is 1.65. The summed E-state index contributed by atoms with van der Waals surface area (Å²) in [6.45, 7) is 6.77. The second kappa shape index (κ2) is 7.08. The van der Waals surface area contributed by atoms with Crippen LogP contribution in [0.3, 0.4) is 0 Å². The van der Waals surface area contributed by atoms with Gasteiger partial charge >= 0.3 is 0 Å². The number of hydrogen-bond donors (Lipinski definition) is 2. The summed E-state index contributed by atoms with van der Waals surface area (Å²) < 4.78 is 2.07. The van der Waals surface area contributed by atoms with Crippen LogP contribution in [0.5, 0.6) is 0 Å². The summed E-state index contributed by atoms with van der Waals surface area (Å²) in [5.41, 5.74) is 1.98. The van der Waals surface area contributed by atoms with Crippen LogP contribution < -0.4 is 15.5 Å². The second-order valence-corrected chi connectivity index (χ2v) is 4.78. The quantitative estimate of drug-likeness (QED) is 0.799. The van der Waals surface area contributed by atoms with E-state index in [9.17, 15) is 4.79 Å². The Morgan fingerprint density at radius 1 is 1.38 bits per heavy atom. The van der Waals surface area contributed by atoms with Gasteiger partial charge in [-0.3, -0.25) is 4.79 Å². The predicted molar refractivity (Wildman–Crippen MR) is 84.5 cm³/mol. The van der Waals surface area contributed by atoms with Crippen LogP contribution in [0.15, 0.2) is 24.4 Å². The number of pyridine rings is 1. The van der Waals surface area contributed by atoms with E-state index in [1.165, 1.54) is 0 Å². The molecule has 0 fully saturated rings. The average Bonchev–Trinajstić information content (AvgIpc) is 2.88. The summed E-state index contributed by atoms with van der Waals surface area (Å²) in [4.78, 5) is 18.4. The topological polar surface area (TPSA) is 61.7 Å². The molecule has 0 saturated carbocycles. The lowest BCUT2D eigenvalue weighted by Crippen LogP contribution is -2.36. The Balaban J connectivity index is 2.41. The van der Waals surface area contributed by atoms with Crippen molar-refractivity contribution >= 4 is 17.4 Å². The first kappa shape index (κ1) is 15.3. The summed E-state index contributed by atoms with van der Waals surface area (Å²) in [6, 6.07) is 5.94. The average molecular weight is 289 g/mol. The lowest BCUT2D eigenvalue weighted by Gasteiger charge is -2.21. The zero-order chi connectivity index (χ0) is 15.2. The van der Waals surface area contributed by atoms with Gasteiger partial charge in [-0.1, -0.05) is 13.0 Å². The Morgan fingerprint density at radius 3 is 2.86 bits per heavy atom.